The summed E-state index contributed by atoms with van der Waals surface area (Å²) in [6.45, 7) is -0.643. The Morgan fingerprint density at radius 1 is 1.00 bits per heavy atom. The van der Waals surface area contributed by atoms with Gasteiger partial charge in [0.2, 0.25) is 0 Å². The number of rotatable bonds is 7. The molecular weight excluding hydrogens is 443 g/mol. The quantitative estimate of drug-likeness (QED) is 0.506. The molecule has 3 aromatic rings. The molecule has 0 fully saturated rings. The number of nitrogens with one attached hydrogen (secondary N) is 1. The van der Waals surface area contributed by atoms with Crippen molar-refractivity contribution in [1.82, 2.24) is 5.06 Å². The first-order valence-electron chi connectivity index (χ1n) is 10.4. The molecule has 9 heteroatoms. The molecule has 0 aliphatic heterocycles. The third kappa shape index (κ3) is 4.74. The number of carboxylic acids is 1. The molecule has 0 saturated heterocycles. The SMILES string of the molecule is CN(OCC(=O)O)C(=O)c1ccc(NC(=O)OCC2c3ccccc3-c3ccccc32)c(F)c1. The minimum Gasteiger partial charge on any atom is -0.479 e. The van der Waals surface area contributed by atoms with Crippen LogP contribution in [0, 0.1) is 5.82 Å². The predicted molar refractivity (Wildman–Crippen MR) is 121 cm³/mol. The zero-order chi connectivity index (χ0) is 24.2. The Labute approximate surface area is 194 Å². The maximum absolute atomic E-state index is 14.5. The van der Waals surface area contributed by atoms with E-state index >= 15 is 0 Å². The van der Waals surface area contributed by atoms with Crippen LogP contribution in [0.25, 0.3) is 11.1 Å². The second kappa shape index (κ2) is 9.72. The van der Waals surface area contributed by atoms with Gasteiger partial charge in [-0.3, -0.25) is 14.9 Å². The fraction of sp³-hybridized carbons (Fsp3) is 0.160. The molecule has 0 bridgehead atoms. The van der Waals surface area contributed by atoms with Gasteiger partial charge in [0.25, 0.3) is 5.91 Å². The maximum Gasteiger partial charge on any atom is 0.411 e. The van der Waals surface area contributed by atoms with Gasteiger partial charge >= 0.3 is 12.1 Å². The number of hydrogen-bond acceptors (Lipinski definition) is 5. The van der Waals surface area contributed by atoms with Gasteiger partial charge < -0.3 is 9.84 Å². The molecule has 0 spiro atoms. The molecule has 0 atom stereocenters. The summed E-state index contributed by atoms with van der Waals surface area (Å²) >= 11 is 0. The number of aliphatic carboxylic acids is 1. The number of nitrogens with zero attached hydrogens (tertiary/aromatic N) is 1. The Kier molecular flexibility index (Phi) is 6.55. The number of hydrogen-bond donors (Lipinski definition) is 2. The van der Waals surface area contributed by atoms with Gasteiger partial charge in [0.1, 0.15) is 12.4 Å². The minimum absolute atomic E-state index is 0.0732. The van der Waals surface area contributed by atoms with Crippen LogP contribution in [0.1, 0.15) is 27.4 Å². The number of fused-ring (bicyclic) bond motifs is 3. The second-order valence-electron chi connectivity index (χ2n) is 7.61. The van der Waals surface area contributed by atoms with Crippen LogP contribution in [0.2, 0.25) is 0 Å². The Hall–Kier alpha value is -4.24. The molecule has 4 rings (SSSR count). The summed E-state index contributed by atoms with van der Waals surface area (Å²) < 4.78 is 19.9. The number of carbonyl (C=O) groups excluding carboxylic acids is 2. The van der Waals surface area contributed by atoms with Crippen molar-refractivity contribution in [2.75, 3.05) is 25.6 Å². The van der Waals surface area contributed by atoms with Crippen molar-refractivity contribution in [2.24, 2.45) is 0 Å². The number of anilines is 1. The van der Waals surface area contributed by atoms with E-state index in [1.54, 1.807) is 0 Å². The number of benzene rings is 3. The molecule has 174 valence electrons. The van der Waals surface area contributed by atoms with Crippen molar-refractivity contribution < 1.29 is 33.5 Å². The number of halogens is 1. The van der Waals surface area contributed by atoms with Gasteiger partial charge in [0.05, 0.1) is 5.69 Å². The predicted octanol–water partition coefficient (Wildman–Crippen LogP) is 4.27. The van der Waals surface area contributed by atoms with E-state index in [0.29, 0.717) is 5.06 Å². The molecule has 0 saturated carbocycles. The molecule has 0 heterocycles. The van der Waals surface area contributed by atoms with E-state index in [1.807, 2.05) is 48.5 Å². The lowest BCUT2D eigenvalue weighted by molar-refractivity contribution is -0.159. The monoisotopic (exact) mass is 464 g/mol. The maximum atomic E-state index is 14.5. The largest absolute Gasteiger partial charge is 0.479 e. The minimum atomic E-state index is -1.26. The fourth-order valence-electron chi connectivity index (χ4n) is 3.89. The topological polar surface area (TPSA) is 105 Å². The van der Waals surface area contributed by atoms with Gasteiger partial charge in [0, 0.05) is 18.5 Å². The number of amides is 2. The van der Waals surface area contributed by atoms with E-state index in [-0.39, 0.29) is 23.8 Å². The van der Waals surface area contributed by atoms with Gasteiger partial charge in [-0.1, -0.05) is 48.5 Å². The number of ether oxygens (including phenoxy) is 1. The van der Waals surface area contributed by atoms with Crippen LogP contribution < -0.4 is 5.32 Å². The molecule has 3 aromatic carbocycles. The molecule has 1 aliphatic rings. The molecule has 34 heavy (non-hydrogen) atoms. The Balaban J connectivity index is 1.39. The molecule has 0 unspecified atom stereocenters. The van der Waals surface area contributed by atoms with Gasteiger partial charge in [0.15, 0.2) is 6.61 Å². The molecular formula is C25H21FN2O6. The number of hydroxylamine groups is 2. The first kappa shape index (κ1) is 22.9. The van der Waals surface area contributed by atoms with Crippen molar-refractivity contribution in [3.05, 3.63) is 89.2 Å². The van der Waals surface area contributed by atoms with Crippen molar-refractivity contribution in [1.29, 1.82) is 0 Å². The average molecular weight is 464 g/mol. The fourth-order valence-corrected chi connectivity index (χ4v) is 3.89. The number of carboxylic acid groups (broad SMARTS) is 1. The Bertz CT molecular complexity index is 1220. The first-order valence-corrected chi connectivity index (χ1v) is 10.4. The third-order valence-electron chi connectivity index (χ3n) is 5.46. The average Bonchev–Trinajstić information content (AvgIpc) is 3.15. The highest BCUT2D eigenvalue weighted by Crippen LogP contribution is 2.44. The normalized spacial score (nSPS) is 11.9. The Morgan fingerprint density at radius 3 is 2.21 bits per heavy atom. The first-order chi connectivity index (χ1) is 16.3. The summed E-state index contributed by atoms with van der Waals surface area (Å²) in [5.74, 6) is -2.99. The lowest BCUT2D eigenvalue weighted by atomic mass is 9.98. The van der Waals surface area contributed by atoms with Gasteiger partial charge in [-0.05, 0) is 40.5 Å². The van der Waals surface area contributed by atoms with Crippen molar-refractivity contribution >= 4 is 23.7 Å². The zero-order valence-corrected chi connectivity index (χ0v) is 18.2. The van der Waals surface area contributed by atoms with Crippen LogP contribution in [0.5, 0.6) is 0 Å². The van der Waals surface area contributed by atoms with Gasteiger partial charge in [-0.25, -0.2) is 19.0 Å². The van der Waals surface area contributed by atoms with Gasteiger partial charge in [-0.2, -0.15) is 0 Å². The second-order valence-corrected chi connectivity index (χ2v) is 7.61. The summed E-state index contributed by atoms with van der Waals surface area (Å²) in [4.78, 5) is 39.9. The van der Waals surface area contributed by atoms with Crippen molar-refractivity contribution in [3.63, 3.8) is 0 Å². The van der Waals surface area contributed by atoms with E-state index in [0.717, 1.165) is 28.3 Å². The summed E-state index contributed by atoms with van der Waals surface area (Å²) in [5, 5.41) is 11.7. The Morgan fingerprint density at radius 2 is 1.62 bits per heavy atom. The zero-order valence-electron chi connectivity index (χ0n) is 18.2. The third-order valence-corrected chi connectivity index (χ3v) is 5.46. The lowest BCUT2D eigenvalue weighted by Crippen LogP contribution is -2.29. The molecule has 8 nitrogen and oxygen atoms in total. The smallest absolute Gasteiger partial charge is 0.411 e. The lowest BCUT2D eigenvalue weighted by Gasteiger charge is -2.16. The summed E-state index contributed by atoms with van der Waals surface area (Å²) in [6, 6.07) is 19.2. The van der Waals surface area contributed by atoms with Crippen molar-refractivity contribution in [2.45, 2.75) is 5.92 Å². The van der Waals surface area contributed by atoms with E-state index in [4.69, 9.17) is 14.7 Å². The molecule has 1 aliphatic carbocycles. The summed E-state index contributed by atoms with van der Waals surface area (Å²) in [7, 11) is 1.21. The van der Waals surface area contributed by atoms with E-state index in [2.05, 4.69) is 5.32 Å². The summed E-state index contributed by atoms with van der Waals surface area (Å²) in [6.07, 6.45) is -0.832. The van der Waals surface area contributed by atoms with Crippen LogP contribution in [0.3, 0.4) is 0 Å². The highest BCUT2D eigenvalue weighted by atomic mass is 19.1. The van der Waals surface area contributed by atoms with Crippen LogP contribution in [-0.4, -0.2) is 48.4 Å². The molecule has 2 amide bonds. The number of carbonyl (C=O) groups is 3. The van der Waals surface area contributed by atoms with Gasteiger partial charge in [-0.15, -0.1) is 0 Å². The van der Waals surface area contributed by atoms with E-state index in [9.17, 15) is 18.8 Å². The van der Waals surface area contributed by atoms with Crippen LogP contribution in [0.15, 0.2) is 66.7 Å². The van der Waals surface area contributed by atoms with Crippen molar-refractivity contribution in [3.8, 4) is 11.1 Å². The highest BCUT2D eigenvalue weighted by Gasteiger charge is 2.29. The van der Waals surface area contributed by atoms with E-state index < -0.39 is 30.4 Å². The van der Waals surface area contributed by atoms with Crippen LogP contribution in [-0.2, 0) is 14.4 Å². The molecule has 2 N–H and O–H groups in total. The van der Waals surface area contributed by atoms with Crippen LogP contribution >= 0.6 is 0 Å². The summed E-state index contributed by atoms with van der Waals surface area (Å²) in [5.41, 5.74) is 4.05. The van der Waals surface area contributed by atoms with Crippen LogP contribution in [0.4, 0.5) is 14.9 Å². The van der Waals surface area contributed by atoms with E-state index in [1.165, 1.54) is 19.2 Å². The standard InChI is InChI=1S/C25H21FN2O6/c1-28(34-14-23(29)30)24(31)15-10-11-22(21(26)12-15)27-25(32)33-13-20-18-8-4-2-6-16(18)17-7-3-5-9-19(17)20/h2-12,20H,13-14H2,1H3,(H,27,32)(H,29,30). The highest BCUT2D eigenvalue weighted by molar-refractivity contribution is 5.94. The molecule has 0 radical (unpaired) electrons. The molecule has 0 aromatic heterocycles.